The number of nitrogens with two attached hydrogens (primary N) is 1. The molecule has 0 bridgehead atoms. The molecule has 30 heavy (non-hydrogen) atoms. The molecule has 0 spiro atoms. The van der Waals surface area contributed by atoms with Crippen molar-refractivity contribution in [1.82, 2.24) is 15.2 Å². The van der Waals surface area contributed by atoms with Crippen molar-refractivity contribution in [3.8, 4) is 0 Å². The molecule has 1 fully saturated rings. The molecule has 5 rings (SSSR count). The van der Waals surface area contributed by atoms with E-state index in [1.165, 1.54) is 22.4 Å². The molecule has 1 unspecified atom stereocenters. The van der Waals surface area contributed by atoms with Crippen LogP contribution >= 0.6 is 28.3 Å². The molecular formula is C22H26BrClN6. The van der Waals surface area contributed by atoms with Crippen molar-refractivity contribution >= 4 is 45.7 Å². The van der Waals surface area contributed by atoms with Gasteiger partial charge in [-0.1, -0.05) is 22.0 Å². The Morgan fingerprint density at radius 3 is 2.63 bits per heavy atom. The topological polar surface area (TPSA) is 69.8 Å². The predicted octanol–water partition coefficient (Wildman–Crippen LogP) is 3.33. The van der Waals surface area contributed by atoms with E-state index in [1.54, 1.807) is 0 Å². The van der Waals surface area contributed by atoms with E-state index in [4.69, 9.17) is 15.7 Å². The first kappa shape index (κ1) is 21.2. The number of hydrogen-bond donors (Lipinski definition) is 2. The van der Waals surface area contributed by atoms with E-state index in [2.05, 4.69) is 68.4 Å². The van der Waals surface area contributed by atoms with E-state index >= 15 is 0 Å². The maximum atomic E-state index is 6.17. The molecule has 3 heterocycles. The average Bonchev–Trinajstić information content (AvgIpc) is 2.73. The van der Waals surface area contributed by atoms with Crippen LogP contribution in [-0.4, -0.2) is 49.1 Å². The maximum absolute atomic E-state index is 6.17. The van der Waals surface area contributed by atoms with Crippen LogP contribution in [-0.2, 0) is 6.42 Å². The predicted molar refractivity (Wildman–Crippen MR) is 128 cm³/mol. The van der Waals surface area contributed by atoms with Gasteiger partial charge < -0.3 is 20.9 Å². The summed E-state index contributed by atoms with van der Waals surface area (Å²) in [5, 5.41) is 3.31. The number of nitrogens with one attached hydrogen (secondary N) is 1. The standard InChI is InChI=1S/C22H25BrN6.ClH/c1-28-8-10-29(11-9-28)16-4-7-19(25-13-16)21-18-5-2-14-12-15(23)3-6-17(14)20(18)26-22(24)27-21;/h3-4,6-7,12-13,21H,2,5,8-11H2,1H3,(H3,24,26,27);1H. The van der Waals surface area contributed by atoms with Gasteiger partial charge in [0.2, 0.25) is 0 Å². The molecule has 0 radical (unpaired) electrons. The van der Waals surface area contributed by atoms with Crippen molar-refractivity contribution in [1.29, 1.82) is 0 Å². The fraction of sp³-hybridized carbons (Fsp3) is 0.364. The monoisotopic (exact) mass is 488 g/mol. The van der Waals surface area contributed by atoms with Crippen LogP contribution in [0.15, 0.2) is 51.6 Å². The Hall–Kier alpha value is -2.09. The Bertz CT molecular complexity index is 995. The van der Waals surface area contributed by atoms with Crippen LogP contribution in [0.5, 0.6) is 0 Å². The molecule has 1 aromatic carbocycles. The Kier molecular flexibility index (Phi) is 6.04. The molecule has 158 valence electrons. The first-order valence-electron chi connectivity index (χ1n) is 10.1. The van der Waals surface area contributed by atoms with E-state index < -0.39 is 0 Å². The van der Waals surface area contributed by atoms with Gasteiger partial charge in [0, 0.05) is 36.2 Å². The minimum atomic E-state index is -0.121. The number of rotatable bonds is 2. The van der Waals surface area contributed by atoms with Gasteiger partial charge in [-0.05, 0) is 55.3 Å². The summed E-state index contributed by atoms with van der Waals surface area (Å²) in [6.45, 7) is 4.25. The van der Waals surface area contributed by atoms with Crippen LogP contribution in [0, 0.1) is 0 Å². The van der Waals surface area contributed by atoms with Crippen molar-refractivity contribution in [3.63, 3.8) is 0 Å². The van der Waals surface area contributed by atoms with Gasteiger partial charge in [-0.25, -0.2) is 4.99 Å². The summed E-state index contributed by atoms with van der Waals surface area (Å²) in [6, 6.07) is 10.6. The summed E-state index contributed by atoms with van der Waals surface area (Å²) in [6.07, 6.45) is 3.94. The number of likely N-dealkylation sites (N-methyl/N-ethyl adjacent to an activating group) is 1. The number of halogens is 2. The van der Waals surface area contributed by atoms with E-state index in [9.17, 15) is 0 Å². The van der Waals surface area contributed by atoms with Crippen LogP contribution in [0.4, 0.5) is 5.69 Å². The fourth-order valence-electron chi connectivity index (χ4n) is 4.43. The van der Waals surface area contributed by atoms with Gasteiger partial charge in [0.25, 0.3) is 0 Å². The second-order valence-electron chi connectivity index (χ2n) is 7.98. The number of nitrogens with zero attached hydrogens (tertiary/aromatic N) is 4. The van der Waals surface area contributed by atoms with E-state index in [0.29, 0.717) is 5.96 Å². The van der Waals surface area contributed by atoms with Crippen LogP contribution in [0.2, 0.25) is 0 Å². The van der Waals surface area contributed by atoms with Gasteiger partial charge >= 0.3 is 0 Å². The van der Waals surface area contributed by atoms with Gasteiger partial charge in [-0.3, -0.25) is 4.98 Å². The molecule has 6 nitrogen and oxygen atoms in total. The molecule has 0 saturated carbocycles. The first-order valence-corrected chi connectivity index (χ1v) is 10.9. The van der Waals surface area contributed by atoms with Crippen molar-refractivity contribution in [3.05, 3.63) is 63.4 Å². The smallest absolute Gasteiger partial charge is 0.194 e. The van der Waals surface area contributed by atoms with Gasteiger partial charge in [0.15, 0.2) is 5.96 Å². The lowest BCUT2D eigenvalue weighted by Gasteiger charge is -2.34. The highest BCUT2D eigenvalue weighted by Gasteiger charge is 2.30. The van der Waals surface area contributed by atoms with Crippen molar-refractivity contribution in [2.75, 3.05) is 38.1 Å². The Morgan fingerprint density at radius 2 is 1.90 bits per heavy atom. The number of guanidine groups is 1. The lowest BCUT2D eigenvalue weighted by Crippen LogP contribution is -2.44. The van der Waals surface area contributed by atoms with E-state index in [1.807, 2.05) is 6.20 Å². The lowest BCUT2D eigenvalue weighted by molar-refractivity contribution is 0.313. The molecule has 2 aromatic rings. The summed E-state index contributed by atoms with van der Waals surface area (Å²) in [4.78, 5) is 14.3. The lowest BCUT2D eigenvalue weighted by atomic mass is 9.84. The highest BCUT2D eigenvalue weighted by atomic mass is 79.9. The first-order chi connectivity index (χ1) is 14.1. The summed E-state index contributed by atoms with van der Waals surface area (Å²) in [5.74, 6) is 0.453. The van der Waals surface area contributed by atoms with Crippen molar-refractivity contribution in [2.45, 2.75) is 18.9 Å². The Balaban J connectivity index is 0.00000218. The molecule has 2 aliphatic heterocycles. The number of fused-ring (bicyclic) bond motifs is 2. The molecule has 3 aliphatic rings. The zero-order valence-corrected chi connectivity index (χ0v) is 19.3. The highest BCUT2D eigenvalue weighted by molar-refractivity contribution is 9.10. The summed E-state index contributed by atoms with van der Waals surface area (Å²) < 4.78 is 1.11. The van der Waals surface area contributed by atoms with E-state index in [0.717, 1.165) is 54.9 Å². The third-order valence-corrected chi connectivity index (χ3v) is 6.59. The molecule has 1 aliphatic carbocycles. The molecular weight excluding hydrogens is 464 g/mol. The molecule has 1 atom stereocenters. The largest absolute Gasteiger partial charge is 0.370 e. The number of aliphatic imine (C=N–C) groups is 1. The van der Waals surface area contributed by atoms with Crippen molar-refractivity contribution < 1.29 is 0 Å². The summed E-state index contributed by atoms with van der Waals surface area (Å²) >= 11 is 3.58. The summed E-state index contributed by atoms with van der Waals surface area (Å²) in [5.41, 5.74) is 13.2. The number of pyridine rings is 1. The number of piperazine rings is 1. The summed E-state index contributed by atoms with van der Waals surface area (Å²) in [7, 11) is 2.17. The van der Waals surface area contributed by atoms with Gasteiger partial charge in [0.1, 0.15) is 6.04 Å². The second-order valence-corrected chi connectivity index (χ2v) is 8.89. The number of benzene rings is 1. The number of aryl methyl sites for hydroxylation is 1. The Labute approximate surface area is 191 Å². The molecule has 8 heteroatoms. The molecule has 3 N–H and O–H groups in total. The third kappa shape index (κ3) is 3.94. The molecule has 1 aromatic heterocycles. The number of hydrogen-bond acceptors (Lipinski definition) is 6. The molecule has 1 saturated heterocycles. The van der Waals surface area contributed by atoms with Gasteiger partial charge in [-0.15, -0.1) is 12.4 Å². The average molecular weight is 490 g/mol. The van der Waals surface area contributed by atoms with E-state index in [-0.39, 0.29) is 18.4 Å². The van der Waals surface area contributed by atoms with Crippen molar-refractivity contribution in [2.24, 2.45) is 10.7 Å². The van der Waals surface area contributed by atoms with Gasteiger partial charge in [0.05, 0.1) is 23.3 Å². The third-order valence-electron chi connectivity index (χ3n) is 6.09. The zero-order chi connectivity index (χ0) is 20.0. The van der Waals surface area contributed by atoms with Crippen LogP contribution in [0.1, 0.15) is 29.3 Å². The van der Waals surface area contributed by atoms with Gasteiger partial charge in [-0.2, -0.15) is 0 Å². The number of aromatic nitrogens is 1. The molecule has 0 amide bonds. The number of anilines is 1. The second kappa shape index (κ2) is 8.57. The zero-order valence-electron chi connectivity index (χ0n) is 16.9. The quantitative estimate of drug-likeness (QED) is 0.677. The van der Waals surface area contributed by atoms with Crippen LogP contribution < -0.4 is 16.0 Å². The highest BCUT2D eigenvalue weighted by Crippen LogP contribution is 2.40. The van der Waals surface area contributed by atoms with Crippen LogP contribution in [0.3, 0.4) is 0 Å². The Morgan fingerprint density at radius 1 is 1.10 bits per heavy atom. The minimum Gasteiger partial charge on any atom is -0.370 e. The fourth-order valence-corrected chi connectivity index (χ4v) is 4.84. The normalized spacial score (nSPS) is 21.2. The minimum absolute atomic E-state index is 0. The maximum Gasteiger partial charge on any atom is 0.194 e. The van der Waals surface area contributed by atoms with Crippen LogP contribution in [0.25, 0.3) is 5.70 Å². The SMILES string of the molecule is CN1CCN(c2ccc(C3N=C(N)NC4=C3CCc3cc(Br)ccc34)nc2)CC1.Cl.